The van der Waals surface area contributed by atoms with Gasteiger partial charge >= 0.3 is 0 Å². The molecule has 0 spiro atoms. The molecular formula is C49H41NSi. The van der Waals surface area contributed by atoms with Crippen LogP contribution in [0.15, 0.2) is 188 Å². The molecule has 2 aliphatic rings. The largest absolute Gasteiger partial charge is 0.405 e. The third-order valence-electron chi connectivity index (χ3n) is 11.6. The van der Waals surface area contributed by atoms with Crippen molar-refractivity contribution in [1.29, 1.82) is 0 Å². The predicted octanol–water partition coefficient (Wildman–Crippen LogP) is 10.9. The van der Waals surface area contributed by atoms with Gasteiger partial charge in [0.1, 0.15) is 0 Å². The molecule has 2 unspecified atom stereocenters. The summed E-state index contributed by atoms with van der Waals surface area (Å²) in [5, 5.41) is 0.377. The molecule has 9 rings (SSSR count). The summed E-state index contributed by atoms with van der Waals surface area (Å²) in [5.41, 5.74) is 15.9. The Hall–Kier alpha value is -5.70. The molecule has 0 fully saturated rings. The Bertz CT molecular complexity index is 2260. The van der Waals surface area contributed by atoms with Gasteiger partial charge < -0.3 is 4.98 Å². The number of benzene rings is 7. The maximum Gasteiger partial charge on any atom is 0.225 e. The Labute approximate surface area is 303 Å². The van der Waals surface area contributed by atoms with E-state index < -0.39 is 18.3 Å². The molecule has 2 aliphatic heterocycles. The summed E-state index contributed by atoms with van der Waals surface area (Å²) in [5.74, 6) is 0. The van der Waals surface area contributed by atoms with Crippen molar-refractivity contribution in [2.24, 2.45) is 0 Å². The van der Waals surface area contributed by atoms with Crippen molar-refractivity contribution >= 4 is 30.3 Å². The number of anilines is 1. The summed E-state index contributed by atoms with van der Waals surface area (Å²) in [6.07, 6.45) is 0. The lowest BCUT2D eigenvalue weighted by molar-refractivity contribution is 0.915. The Morgan fingerprint density at radius 2 is 0.765 bits per heavy atom. The third kappa shape index (κ3) is 4.14. The highest BCUT2D eigenvalue weighted by Gasteiger charge is 2.81. The maximum atomic E-state index is 4.66. The van der Waals surface area contributed by atoms with Gasteiger partial charge in [-0.15, -0.1) is 0 Å². The highest BCUT2D eigenvalue weighted by atomic mass is 28.3. The minimum Gasteiger partial charge on any atom is -0.405 e. The molecule has 7 aromatic rings. The Morgan fingerprint density at radius 3 is 1.18 bits per heavy atom. The van der Waals surface area contributed by atoms with E-state index in [1.54, 1.807) is 0 Å². The van der Waals surface area contributed by atoms with Crippen molar-refractivity contribution in [3.63, 3.8) is 0 Å². The molecule has 1 nitrogen and oxygen atoms in total. The fourth-order valence-corrected chi connectivity index (χ4v) is 17.8. The van der Waals surface area contributed by atoms with E-state index in [4.69, 9.17) is 0 Å². The molecule has 2 bridgehead atoms. The van der Waals surface area contributed by atoms with E-state index >= 15 is 0 Å². The molecule has 2 heteroatoms. The lowest BCUT2D eigenvalue weighted by atomic mass is 9.65. The van der Waals surface area contributed by atoms with Crippen LogP contribution in [0.25, 0.3) is 11.1 Å². The van der Waals surface area contributed by atoms with Crippen LogP contribution in [-0.2, 0) is 10.1 Å². The number of hydrogen-bond donors (Lipinski definition) is 1. The molecule has 0 radical (unpaired) electrons. The van der Waals surface area contributed by atoms with Crippen molar-refractivity contribution < 1.29 is 0 Å². The molecular weight excluding hydrogens is 631 g/mol. The smallest absolute Gasteiger partial charge is 0.225 e. The fourth-order valence-electron chi connectivity index (χ4n) is 10.3. The van der Waals surface area contributed by atoms with Crippen molar-refractivity contribution in [2.45, 2.75) is 30.8 Å². The molecule has 0 aliphatic carbocycles. The average Bonchev–Trinajstić information content (AvgIpc) is 3.53. The SMILES string of the molecule is Cc1cc(C)c([Si]2(Nc3ccccc3)C3(c4ccccc4)C(c4ccccc4)=C(c4ccccc4)C2(c2ccccc2)c2ccccc23)c(C)c1. The number of nitrogens with one attached hydrogen (secondary N) is 1. The molecule has 0 saturated carbocycles. The molecule has 0 aromatic heterocycles. The average molecular weight is 672 g/mol. The van der Waals surface area contributed by atoms with E-state index in [9.17, 15) is 0 Å². The quantitative estimate of drug-likeness (QED) is 0.166. The first-order chi connectivity index (χ1) is 25.0. The monoisotopic (exact) mass is 671 g/mol. The first kappa shape index (κ1) is 31.3. The summed E-state index contributed by atoms with van der Waals surface area (Å²) in [6, 6.07) is 70.8. The molecule has 0 saturated heterocycles. The zero-order chi connectivity index (χ0) is 34.6. The van der Waals surface area contributed by atoms with E-state index in [1.165, 1.54) is 66.4 Å². The van der Waals surface area contributed by atoms with E-state index in [0.29, 0.717) is 0 Å². The molecule has 51 heavy (non-hydrogen) atoms. The van der Waals surface area contributed by atoms with Gasteiger partial charge in [-0.25, -0.2) is 0 Å². The molecule has 2 atom stereocenters. The van der Waals surface area contributed by atoms with E-state index in [1.807, 2.05) is 0 Å². The van der Waals surface area contributed by atoms with Crippen LogP contribution in [0.4, 0.5) is 5.69 Å². The van der Waals surface area contributed by atoms with Gasteiger partial charge in [0.05, 0.1) is 10.1 Å². The van der Waals surface area contributed by atoms with Crippen LogP contribution in [-0.4, -0.2) is 8.24 Å². The second-order valence-electron chi connectivity index (χ2n) is 14.3. The van der Waals surface area contributed by atoms with Crippen LogP contribution < -0.4 is 10.2 Å². The minimum atomic E-state index is -3.36. The van der Waals surface area contributed by atoms with Crippen LogP contribution >= 0.6 is 0 Å². The van der Waals surface area contributed by atoms with Crippen LogP contribution in [0.2, 0.25) is 0 Å². The Balaban J connectivity index is 1.64. The predicted molar refractivity (Wildman–Crippen MR) is 217 cm³/mol. The van der Waals surface area contributed by atoms with E-state index in [2.05, 4.69) is 214 Å². The number of fused-ring (bicyclic) bond motifs is 5. The van der Waals surface area contributed by atoms with Gasteiger partial charge in [0.25, 0.3) is 0 Å². The van der Waals surface area contributed by atoms with E-state index in [-0.39, 0.29) is 0 Å². The van der Waals surface area contributed by atoms with Crippen LogP contribution in [0.5, 0.6) is 0 Å². The van der Waals surface area contributed by atoms with Gasteiger partial charge in [0.2, 0.25) is 8.24 Å². The number of aryl methyl sites for hydroxylation is 3. The summed E-state index contributed by atoms with van der Waals surface area (Å²) in [6.45, 7) is 6.96. The number of para-hydroxylation sites is 1. The highest BCUT2D eigenvalue weighted by molar-refractivity contribution is 7.05. The van der Waals surface area contributed by atoms with Crippen molar-refractivity contribution in [3.05, 3.63) is 238 Å². The first-order valence-electron chi connectivity index (χ1n) is 18.0. The molecule has 2 heterocycles. The number of allylic oxidation sites excluding steroid dienone is 2. The molecule has 7 aromatic carbocycles. The minimum absolute atomic E-state index is 0.548. The highest BCUT2D eigenvalue weighted by Crippen LogP contribution is 2.75. The third-order valence-corrected chi connectivity index (χ3v) is 17.6. The van der Waals surface area contributed by atoms with Crippen molar-refractivity contribution in [1.82, 2.24) is 0 Å². The van der Waals surface area contributed by atoms with Gasteiger partial charge in [-0.2, -0.15) is 0 Å². The second-order valence-corrected chi connectivity index (χ2v) is 18.0. The molecule has 1 N–H and O–H groups in total. The van der Waals surface area contributed by atoms with Crippen LogP contribution in [0.3, 0.4) is 0 Å². The van der Waals surface area contributed by atoms with Gasteiger partial charge in [-0.1, -0.05) is 181 Å². The summed E-state index contributed by atoms with van der Waals surface area (Å²) in [4.78, 5) is 4.66. The Kier molecular flexibility index (Phi) is 7.34. The number of hydrogen-bond acceptors (Lipinski definition) is 1. The van der Waals surface area contributed by atoms with Gasteiger partial charge in [-0.05, 0) is 93.7 Å². The van der Waals surface area contributed by atoms with Crippen LogP contribution in [0.1, 0.15) is 50.1 Å². The normalized spacial score (nSPS) is 21.8. The lowest BCUT2D eigenvalue weighted by Crippen LogP contribution is -2.75. The number of rotatable bonds is 7. The fraction of sp³-hybridized carbons (Fsp3) is 0.102. The van der Waals surface area contributed by atoms with Gasteiger partial charge in [-0.3, -0.25) is 0 Å². The second kappa shape index (κ2) is 12.0. The summed E-state index contributed by atoms with van der Waals surface area (Å²) < 4.78 is 0. The van der Waals surface area contributed by atoms with E-state index in [0.717, 1.165) is 5.69 Å². The molecule has 246 valence electrons. The Morgan fingerprint density at radius 1 is 0.412 bits per heavy atom. The first-order valence-corrected chi connectivity index (χ1v) is 20.0. The van der Waals surface area contributed by atoms with Crippen molar-refractivity contribution in [2.75, 3.05) is 4.98 Å². The van der Waals surface area contributed by atoms with Gasteiger partial charge in [0.15, 0.2) is 0 Å². The maximum absolute atomic E-state index is 4.66. The van der Waals surface area contributed by atoms with Gasteiger partial charge in [0, 0.05) is 5.69 Å². The zero-order valence-corrected chi connectivity index (χ0v) is 30.4. The summed E-state index contributed by atoms with van der Waals surface area (Å²) >= 11 is 0. The topological polar surface area (TPSA) is 12.0 Å². The summed E-state index contributed by atoms with van der Waals surface area (Å²) in [7, 11) is -3.36. The van der Waals surface area contributed by atoms with Crippen LogP contribution in [0, 0.1) is 20.8 Å². The van der Waals surface area contributed by atoms with Crippen molar-refractivity contribution in [3.8, 4) is 0 Å². The standard InChI is InChI=1S/C49H41NSi/c1-35-33-36(2)47(37(3)34-35)51(50-42-29-17-8-18-30-42)48(40-25-13-6-14-26-40)43-31-19-20-32-44(43)49(51,41-27-15-7-16-28-41)46(39-23-11-5-12-24-39)45(48)38-21-9-4-10-22-38/h4-34,50H,1-3H3. The molecule has 0 amide bonds. The zero-order valence-electron chi connectivity index (χ0n) is 29.4. The lowest BCUT2D eigenvalue weighted by Gasteiger charge is -2.51.